The number of aliphatic imine (C=N–C) groups is 1. The van der Waals surface area contributed by atoms with Crippen molar-refractivity contribution in [2.75, 3.05) is 13.3 Å². The monoisotopic (exact) mass is 444 g/mol. The second-order valence-corrected chi connectivity index (χ2v) is 9.27. The van der Waals surface area contributed by atoms with Crippen molar-refractivity contribution in [2.24, 2.45) is 4.99 Å². The molecule has 0 aliphatic carbocycles. The van der Waals surface area contributed by atoms with E-state index in [1.807, 2.05) is 29.8 Å². The van der Waals surface area contributed by atoms with Gasteiger partial charge in [0.05, 0.1) is 5.75 Å². The van der Waals surface area contributed by atoms with Gasteiger partial charge in [-0.3, -0.25) is 9.56 Å². The van der Waals surface area contributed by atoms with Gasteiger partial charge in [-0.25, -0.2) is 22.8 Å². The third-order valence-corrected chi connectivity index (χ3v) is 5.43. The molecule has 3 aromatic rings. The van der Waals surface area contributed by atoms with Crippen molar-refractivity contribution < 1.29 is 12.8 Å². The zero-order valence-electron chi connectivity index (χ0n) is 17.6. The maximum absolute atomic E-state index is 13.7. The molecule has 8 nitrogen and oxygen atoms in total. The summed E-state index contributed by atoms with van der Waals surface area (Å²) >= 11 is 0. The molecule has 31 heavy (non-hydrogen) atoms. The summed E-state index contributed by atoms with van der Waals surface area (Å²) < 4.78 is 38.9. The molecule has 0 bridgehead atoms. The molecule has 1 aromatic carbocycles. The molecule has 2 heterocycles. The number of pyridine rings is 1. The number of halogens is 1. The molecule has 0 radical (unpaired) electrons. The number of aromatic nitrogens is 3. The topological polar surface area (TPSA) is 101 Å². The van der Waals surface area contributed by atoms with Crippen molar-refractivity contribution in [3.63, 3.8) is 0 Å². The third-order valence-electron chi connectivity index (χ3n) is 4.60. The van der Waals surface area contributed by atoms with Crippen molar-refractivity contribution >= 4 is 15.8 Å². The van der Waals surface area contributed by atoms with E-state index in [-0.39, 0.29) is 12.3 Å². The second kappa shape index (κ2) is 9.69. The van der Waals surface area contributed by atoms with Gasteiger partial charge in [0, 0.05) is 45.0 Å². The molecule has 0 atom stereocenters. The van der Waals surface area contributed by atoms with Crippen LogP contribution in [0.15, 0.2) is 53.9 Å². The summed E-state index contributed by atoms with van der Waals surface area (Å²) in [6.45, 7) is 2.63. The summed E-state index contributed by atoms with van der Waals surface area (Å²) in [5.74, 6) is 1.58. The van der Waals surface area contributed by atoms with Crippen LogP contribution in [0.4, 0.5) is 4.39 Å². The lowest BCUT2D eigenvalue weighted by Crippen LogP contribution is -2.36. The van der Waals surface area contributed by atoms with E-state index in [0.717, 1.165) is 23.5 Å². The number of hydrogen-bond donors (Lipinski definition) is 2. The summed E-state index contributed by atoms with van der Waals surface area (Å²) in [5, 5.41) is 6.27. The SMILES string of the molecule is CN=C(NCc1ccc(-n2ccnc2C)nc1)NCc1cc(F)ccc1CS(C)(=O)=O. The molecule has 0 saturated carbocycles. The highest BCUT2D eigenvalue weighted by molar-refractivity contribution is 7.89. The Labute approximate surface area is 181 Å². The number of imidazole rings is 1. The normalized spacial score (nSPS) is 12.1. The van der Waals surface area contributed by atoms with Crippen LogP contribution >= 0.6 is 0 Å². The minimum Gasteiger partial charge on any atom is -0.352 e. The Kier molecular flexibility index (Phi) is 7.01. The van der Waals surface area contributed by atoms with Crippen LogP contribution in [0.1, 0.15) is 22.5 Å². The lowest BCUT2D eigenvalue weighted by atomic mass is 10.1. The van der Waals surface area contributed by atoms with E-state index in [4.69, 9.17) is 0 Å². The van der Waals surface area contributed by atoms with Gasteiger partial charge in [-0.15, -0.1) is 0 Å². The van der Waals surface area contributed by atoms with Crippen LogP contribution in [0.25, 0.3) is 5.82 Å². The minimum atomic E-state index is -3.23. The lowest BCUT2D eigenvalue weighted by Gasteiger charge is -2.14. The van der Waals surface area contributed by atoms with E-state index in [1.54, 1.807) is 19.4 Å². The van der Waals surface area contributed by atoms with Crippen LogP contribution in [0.2, 0.25) is 0 Å². The lowest BCUT2D eigenvalue weighted by molar-refractivity contribution is 0.599. The van der Waals surface area contributed by atoms with Crippen LogP contribution in [0, 0.1) is 12.7 Å². The Bertz CT molecular complexity index is 1170. The number of sulfone groups is 1. The van der Waals surface area contributed by atoms with Crippen LogP contribution in [-0.2, 0) is 28.7 Å². The van der Waals surface area contributed by atoms with E-state index in [9.17, 15) is 12.8 Å². The molecule has 0 fully saturated rings. The summed E-state index contributed by atoms with van der Waals surface area (Å²) in [6.07, 6.45) is 6.50. The summed E-state index contributed by atoms with van der Waals surface area (Å²) in [5.41, 5.74) is 2.07. The number of rotatable bonds is 7. The molecule has 164 valence electrons. The molecular weight excluding hydrogens is 419 g/mol. The maximum Gasteiger partial charge on any atom is 0.191 e. The molecule has 0 unspecified atom stereocenters. The first kappa shape index (κ1) is 22.4. The van der Waals surface area contributed by atoms with Gasteiger partial charge in [-0.05, 0) is 41.8 Å². The van der Waals surface area contributed by atoms with Gasteiger partial charge in [0.15, 0.2) is 15.8 Å². The van der Waals surface area contributed by atoms with Crippen molar-refractivity contribution in [2.45, 2.75) is 25.8 Å². The predicted molar refractivity (Wildman–Crippen MR) is 118 cm³/mol. The number of nitrogens with one attached hydrogen (secondary N) is 2. The van der Waals surface area contributed by atoms with E-state index >= 15 is 0 Å². The molecule has 2 N–H and O–H groups in total. The maximum atomic E-state index is 13.7. The van der Waals surface area contributed by atoms with E-state index < -0.39 is 15.7 Å². The number of nitrogens with zero attached hydrogens (tertiary/aromatic N) is 4. The molecule has 0 aliphatic heterocycles. The Morgan fingerprint density at radius 1 is 1.13 bits per heavy atom. The molecule has 0 aliphatic rings. The first-order chi connectivity index (χ1) is 14.7. The van der Waals surface area contributed by atoms with Crippen LogP contribution in [-0.4, -0.2) is 42.2 Å². The molecule has 0 spiro atoms. The van der Waals surface area contributed by atoms with E-state index in [1.165, 1.54) is 18.2 Å². The summed E-state index contributed by atoms with van der Waals surface area (Å²) in [7, 11) is -1.61. The average molecular weight is 445 g/mol. The first-order valence-electron chi connectivity index (χ1n) is 9.60. The number of hydrogen-bond acceptors (Lipinski definition) is 5. The molecule has 10 heteroatoms. The first-order valence-corrected chi connectivity index (χ1v) is 11.7. The third kappa shape index (κ3) is 6.35. The molecule has 2 aromatic heterocycles. The van der Waals surface area contributed by atoms with Gasteiger partial charge in [-0.1, -0.05) is 12.1 Å². The van der Waals surface area contributed by atoms with Crippen molar-refractivity contribution in [3.05, 3.63) is 77.3 Å². The standard InChI is InChI=1S/C21H25FN6O2S/c1-15-24-8-9-28(15)20-7-4-16(11-25-20)12-26-21(23-2)27-13-18-10-19(22)6-5-17(18)14-31(3,29)30/h4-11H,12-14H2,1-3H3,(H2,23,26,27). The van der Waals surface area contributed by atoms with Crippen LogP contribution < -0.4 is 10.6 Å². The smallest absolute Gasteiger partial charge is 0.191 e. The summed E-state index contributed by atoms with van der Waals surface area (Å²) in [4.78, 5) is 12.8. The van der Waals surface area contributed by atoms with Crippen LogP contribution in [0.5, 0.6) is 0 Å². The highest BCUT2D eigenvalue weighted by Gasteiger charge is 2.11. The Morgan fingerprint density at radius 2 is 1.90 bits per heavy atom. The highest BCUT2D eigenvalue weighted by atomic mass is 32.2. The van der Waals surface area contributed by atoms with Crippen molar-refractivity contribution in [1.29, 1.82) is 0 Å². The molecular formula is C21H25FN6O2S. The molecule has 0 saturated heterocycles. The van der Waals surface area contributed by atoms with E-state index in [0.29, 0.717) is 23.6 Å². The summed E-state index contributed by atoms with van der Waals surface area (Å²) in [6, 6.07) is 7.96. The predicted octanol–water partition coefficient (Wildman–Crippen LogP) is 2.12. The quantitative estimate of drug-likeness (QED) is 0.428. The fraction of sp³-hybridized carbons (Fsp3) is 0.286. The molecule has 3 rings (SSSR count). The highest BCUT2D eigenvalue weighted by Crippen LogP contribution is 2.14. The minimum absolute atomic E-state index is 0.148. The number of guanidine groups is 1. The van der Waals surface area contributed by atoms with Gasteiger partial charge in [0.25, 0.3) is 0 Å². The van der Waals surface area contributed by atoms with Gasteiger partial charge < -0.3 is 10.6 Å². The largest absolute Gasteiger partial charge is 0.352 e. The van der Waals surface area contributed by atoms with Gasteiger partial charge in [-0.2, -0.15) is 0 Å². The molecule has 0 amide bonds. The second-order valence-electron chi connectivity index (χ2n) is 7.13. The van der Waals surface area contributed by atoms with Gasteiger partial charge >= 0.3 is 0 Å². The zero-order chi connectivity index (χ0) is 22.4. The van der Waals surface area contributed by atoms with Crippen molar-refractivity contribution in [3.8, 4) is 5.82 Å². The number of benzene rings is 1. The van der Waals surface area contributed by atoms with E-state index in [2.05, 4.69) is 25.6 Å². The zero-order valence-corrected chi connectivity index (χ0v) is 18.4. The van der Waals surface area contributed by atoms with Crippen LogP contribution in [0.3, 0.4) is 0 Å². The Balaban J connectivity index is 1.61. The number of aryl methyl sites for hydroxylation is 1. The van der Waals surface area contributed by atoms with Crippen molar-refractivity contribution in [1.82, 2.24) is 25.2 Å². The Hall–Kier alpha value is -3.27. The van der Waals surface area contributed by atoms with Gasteiger partial charge in [0.1, 0.15) is 17.5 Å². The fourth-order valence-corrected chi connectivity index (χ4v) is 3.90. The Morgan fingerprint density at radius 3 is 2.52 bits per heavy atom. The average Bonchev–Trinajstić information content (AvgIpc) is 3.15. The fourth-order valence-electron chi connectivity index (χ4n) is 3.05. The van der Waals surface area contributed by atoms with Gasteiger partial charge in [0.2, 0.25) is 0 Å².